The lowest BCUT2D eigenvalue weighted by molar-refractivity contribution is -0.138. The van der Waals surface area contributed by atoms with Gasteiger partial charge in [0.05, 0.1) is 30.9 Å². The van der Waals surface area contributed by atoms with E-state index in [0.717, 1.165) is 6.07 Å². The number of likely N-dealkylation sites (tertiary alicyclic amines) is 1. The summed E-state index contributed by atoms with van der Waals surface area (Å²) in [6.45, 7) is 1.03. The van der Waals surface area contributed by atoms with Crippen molar-refractivity contribution in [2.75, 3.05) is 27.3 Å². The molecule has 0 amide bonds. The van der Waals surface area contributed by atoms with Crippen LogP contribution in [0.5, 0.6) is 11.9 Å². The zero-order valence-electron chi connectivity index (χ0n) is 15.7. The normalized spacial score (nSPS) is 17.4. The van der Waals surface area contributed by atoms with Crippen molar-refractivity contribution in [3.63, 3.8) is 0 Å². The standard InChI is InChI=1S/C19H22F3N3O3/c1-27-16-15(11-23-17(24-16)28-2)18(26)7-9-25(10-8-18)12-13-5-3-4-6-14(13)19(20,21)22/h3-6,11,26H,7-10,12H2,1-2H3. The maximum atomic E-state index is 13.2. The molecule has 1 N–H and O–H groups in total. The van der Waals surface area contributed by atoms with Gasteiger partial charge in [-0.2, -0.15) is 18.2 Å². The number of halogens is 3. The molecule has 1 aromatic carbocycles. The van der Waals surface area contributed by atoms with Crippen molar-refractivity contribution < 1.29 is 27.8 Å². The third-order valence-electron chi connectivity index (χ3n) is 5.01. The fourth-order valence-corrected chi connectivity index (χ4v) is 3.45. The number of rotatable bonds is 5. The summed E-state index contributed by atoms with van der Waals surface area (Å²) in [7, 11) is 2.87. The largest absolute Gasteiger partial charge is 0.481 e. The first-order valence-electron chi connectivity index (χ1n) is 8.82. The highest BCUT2D eigenvalue weighted by Crippen LogP contribution is 2.38. The van der Waals surface area contributed by atoms with E-state index < -0.39 is 17.3 Å². The van der Waals surface area contributed by atoms with Crippen LogP contribution in [0.1, 0.15) is 29.5 Å². The Morgan fingerprint density at radius 2 is 1.82 bits per heavy atom. The van der Waals surface area contributed by atoms with Gasteiger partial charge in [-0.1, -0.05) is 18.2 Å². The van der Waals surface area contributed by atoms with Crippen LogP contribution in [0.2, 0.25) is 0 Å². The first-order valence-corrected chi connectivity index (χ1v) is 8.82. The molecular weight excluding hydrogens is 375 g/mol. The Balaban J connectivity index is 1.73. The number of hydrogen-bond acceptors (Lipinski definition) is 6. The van der Waals surface area contributed by atoms with Crippen LogP contribution in [0.4, 0.5) is 13.2 Å². The molecule has 0 atom stereocenters. The summed E-state index contributed by atoms with van der Waals surface area (Å²) in [5.41, 5.74) is -1.16. The van der Waals surface area contributed by atoms with Crippen LogP contribution in [0.15, 0.2) is 30.5 Å². The molecule has 6 nitrogen and oxygen atoms in total. The van der Waals surface area contributed by atoms with Crippen LogP contribution in [0, 0.1) is 0 Å². The van der Waals surface area contributed by atoms with E-state index in [1.165, 1.54) is 32.5 Å². The van der Waals surface area contributed by atoms with Crippen LogP contribution < -0.4 is 9.47 Å². The zero-order valence-corrected chi connectivity index (χ0v) is 15.7. The van der Waals surface area contributed by atoms with Gasteiger partial charge >= 0.3 is 12.2 Å². The second kappa shape index (κ2) is 7.92. The lowest BCUT2D eigenvalue weighted by Gasteiger charge is -2.38. The fourth-order valence-electron chi connectivity index (χ4n) is 3.45. The Bertz CT molecular complexity index is 822. The molecule has 0 radical (unpaired) electrons. The van der Waals surface area contributed by atoms with Crippen LogP contribution >= 0.6 is 0 Å². The molecule has 1 aromatic heterocycles. The average Bonchev–Trinajstić information content (AvgIpc) is 2.69. The van der Waals surface area contributed by atoms with Crippen molar-refractivity contribution in [1.29, 1.82) is 0 Å². The van der Waals surface area contributed by atoms with E-state index >= 15 is 0 Å². The van der Waals surface area contributed by atoms with Crippen molar-refractivity contribution >= 4 is 0 Å². The van der Waals surface area contributed by atoms with Crippen molar-refractivity contribution in [2.24, 2.45) is 0 Å². The molecule has 0 aliphatic carbocycles. The number of hydrogen-bond donors (Lipinski definition) is 1. The molecule has 28 heavy (non-hydrogen) atoms. The molecule has 1 aliphatic heterocycles. The highest BCUT2D eigenvalue weighted by Gasteiger charge is 2.38. The zero-order chi connectivity index (χ0) is 20.4. The molecule has 0 unspecified atom stereocenters. The Hall–Kier alpha value is -2.39. The first kappa shape index (κ1) is 20.3. The molecular formula is C19H22F3N3O3. The van der Waals surface area contributed by atoms with E-state index in [0.29, 0.717) is 31.5 Å². The predicted octanol–water partition coefficient (Wildman–Crippen LogP) is 3.00. The van der Waals surface area contributed by atoms with E-state index in [9.17, 15) is 18.3 Å². The lowest BCUT2D eigenvalue weighted by atomic mass is 9.85. The lowest BCUT2D eigenvalue weighted by Crippen LogP contribution is -2.42. The maximum absolute atomic E-state index is 13.2. The summed E-state index contributed by atoms with van der Waals surface area (Å²) in [6, 6.07) is 5.70. The fraction of sp³-hybridized carbons (Fsp3) is 0.474. The Morgan fingerprint density at radius 3 is 2.43 bits per heavy atom. The molecule has 9 heteroatoms. The van der Waals surface area contributed by atoms with Gasteiger partial charge in [-0.05, 0) is 24.5 Å². The molecule has 3 rings (SSSR count). The van der Waals surface area contributed by atoms with E-state index in [1.807, 2.05) is 4.90 Å². The third-order valence-corrected chi connectivity index (χ3v) is 5.01. The number of nitrogens with zero attached hydrogens (tertiary/aromatic N) is 3. The van der Waals surface area contributed by atoms with E-state index in [-0.39, 0.29) is 24.0 Å². The van der Waals surface area contributed by atoms with Crippen molar-refractivity contribution in [3.8, 4) is 11.9 Å². The van der Waals surface area contributed by atoms with Gasteiger partial charge in [0.1, 0.15) is 0 Å². The minimum Gasteiger partial charge on any atom is -0.481 e. The Kier molecular flexibility index (Phi) is 5.76. The van der Waals surface area contributed by atoms with Gasteiger partial charge in [0.2, 0.25) is 5.88 Å². The number of benzene rings is 1. The Morgan fingerprint density at radius 1 is 1.14 bits per heavy atom. The molecule has 1 fully saturated rings. The van der Waals surface area contributed by atoms with Gasteiger partial charge in [0.25, 0.3) is 0 Å². The van der Waals surface area contributed by atoms with Crippen LogP contribution in [-0.4, -0.2) is 47.3 Å². The Labute approximate surface area is 160 Å². The van der Waals surface area contributed by atoms with Gasteiger partial charge in [-0.15, -0.1) is 0 Å². The summed E-state index contributed by atoms with van der Waals surface area (Å²) >= 11 is 0. The number of aliphatic hydroxyl groups is 1. The minimum atomic E-state index is -4.39. The van der Waals surface area contributed by atoms with Gasteiger partial charge in [-0.25, -0.2) is 4.98 Å². The number of piperidine rings is 1. The van der Waals surface area contributed by atoms with Crippen molar-refractivity contribution in [2.45, 2.75) is 31.2 Å². The molecule has 152 valence electrons. The molecule has 2 aromatic rings. The molecule has 1 aliphatic rings. The summed E-state index contributed by atoms with van der Waals surface area (Å²) in [5.74, 6) is 0.227. The molecule has 2 heterocycles. The molecule has 0 bridgehead atoms. The monoisotopic (exact) mass is 397 g/mol. The molecule has 0 spiro atoms. The molecule has 1 saturated heterocycles. The highest BCUT2D eigenvalue weighted by atomic mass is 19.4. The summed E-state index contributed by atoms with van der Waals surface area (Å²) in [5, 5.41) is 11.1. The minimum absolute atomic E-state index is 0.130. The quantitative estimate of drug-likeness (QED) is 0.837. The van der Waals surface area contributed by atoms with Gasteiger partial charge < -0.3 is 14.6 Å². The van der Waals surface area contributed by atoms with E-state index in [1.54, 1.807) is 6.07 Å². The summed E-state index contributed by atoms with van der Waals surface area (Å²) in [6.07, 6.45) is -2.26. The number of aromatic nitrogens is 2. The summed E-state index contributed by atoms with van der Waals surface area (Å²) in [4.78, 5) is 10.0. The first-order chi connectivity index (χ1) is 13.3. The average molecular weight is 397 g/mol. The third kappa shape index (κ3) is 4.20. The second-order valence-electron chi connectivity index (χ2n) is 6.74. The predicted molar refractivity (Wildman–Crippen MR) is 95.0 cm³/mol. The molecule has 0 saturated carbocycles. The van der Waals surface area contributed by atoms with Crippen LogP contribution in [-0.2, 0) is 18.3 Å². The van der Waals surface area contributed by atoms with Crippen LogP contribution in [0.3, 0.4) is 0 Å². The number of ether oxygens (including phenoxy) is 2. The maximum Gasteiger partial charge on any atom is 0.416 e. The van der Waals surface area contributed by atoms with Gasteiger partial charge in [0.15, 0.2) is 0 Å². The van der Waals surface area contributed by atoms with Crippen LogP contribution in [0.25, 0.3) is 0 Å². The van der Waals surface area contributed by atoms with Gasteiger partial charge in [-0.3, -0.25) is 4.90 Å². The summed E-state index contributed by atoms with van der Waals surface area (Å²) < 4.78 is 49.8. The number of methoxy groups -OCH3 is 2. The van der Waals surface area contributed by atoms with E-state index in [4.69, 9.17) is 9.47 Å². The van der Waals surface area contributed by atoms with Crippen molar-refractivity contribution in [3.05, 3.63) is 47.2 Å². The van der Waals surface area contributed by atoms with E-state index in [2.05, 4.69) is 9.97 Å². The van der Waals surface area contributed by atoms with Gasteiger partial charge in [0, 0.05) is 25.8 Å². The smallest absolute Gasteiger partial charge is 0.416 e. The second-order valence-corrected chi connectivity index (χ2v) is 6.74. The topological polar surface area (TPSA) is 67.7 Å². The SMILES string of the molecule is COc1ncc(C2(O)CCN(Cc3ccccc3C(F)(F)F)CC2)c(OC)n1. The van der Waals surface area contributed by atoms with Crippen molar-refractivity contribution in [1.82, 2.24) is 14.9 Å². The highest BCUT2D eigenvalue weighted by molar-refractivity contribution is 5.32. The number of alkyl halides is 3.